The maximum absolute atomic E-state index is 6.48. The van der Waals surface area contributed by atoms with E-state index in [4.69, 9.17) is 10.5 Å². The smallest absolute Gasteiger partial charge is 0.127 e. The van der Waals surface area contributed by atoms with Gasteiger partial charge in [0.05, 0.1) is 7.11 Å². The molecular weight excluding hydrogens is 234 g/mol. The second kappa shape index (κ2) is 5.16. The first-order chi connectivity index (χ1) is 8.84. The van der Waals surface area contributed by atoms with Crippen LogP contribution in [0, 0.1) is 12.8 Å². The summed E-state index contributed by atoms with van der Waals surface area (Å²) >= 11 is 0. The molecule has 1 atom stereocenters. The minimum absolute atomic E-state index is 0.0748. The number of methoxy groups -OCH3 is 1. The zero-order valence-corrected chi connectivity index (χ0v) is 12.9. The van der Waals surface area contributed by atoms with E-state index in [1.807, 2.05) is 0 Å². The van der Waals surface area contributed by atoms with Gasteiger partial charge in [-0.15, -0.1) is 0 Å². The molecule has 0 saturated heterocycles. The van der Waals surface area contributed by atoms with Crippen molar-refractivity contribution in [3.8, 4) is 5.75 Å². The van der Waals surface area contributed by atoms with Gasteiger partial charge in [0.15, 0.2) is 0 Å². The first-order valence-electron chi connectivity index (χ1n) is 7.29. The average molecular weight is 261 g/mol. The van der Waals surface area contributed by atoms with Gasteiger partial charge in [-0.25, -0.2) is 0 Å². The van der Waals surface area contributed by atoms with Crippen molar-refractivity contribution in [1.29, 1.82) is 0 Å². The molecule has 1 aromatic carbocycles. The maximum atomic E-state index is 6.48. The van der Waals surface area contributed by atoms with Crippen LogP contribution in [0.25, 0.3) is 0 Å². The van der Waals surface area contributed by atoms with Crippen molar-refractivity contribution in [2.45, 2.75) is 58.4 Å². The van der Waals surface area contributed by atoms with E-state index in [1.165, 1.54) is 36.0 Å². The summed E-state index contributed by atoms with van der Waals surface area (Å²) in [6, 6.07) is 4.55. The Balaban J connectivity index is 2.49. The van der Waals surface area contributed by atoms with Crippen LogP contribution in [0.5, 0.6) is 5.75 Å². The normalized spacial score (nSPS) is 18.0. The predicted molar refractivity (Wildman–Crippen MR) is 80.7 cm³/mol. The van der Waals surface area contributed by atoms with Crippen molar-refractivity contribution in [3.05, 3.63) is 28.8 Å². The van der Waals surface area contributed by atoms with Crippen molar-refractivity contribution < 1.29 is 4.74 Å². The molecule has 0 heterocycles. The fourth-order valence-corrected chi connectivity index (χ4v) is 2.89. The average Bonchev–Trinajstić information content (AvgIpc) is 2.24. The Morgan fingerprint density at radius 1 is 1.26 bits per heavy atom. The molecule has 1 saturated carbocycles. The lowest BCUT2D eigenvalue weighted by Crippen LogP contribution is -2.28. The maximum Gasteiger partial charge on any atom is 0.127 e. The Hall–Kier alpha value is -1.02. The molecule has 0 amide bonds. The number of hydrogen-bond donors (Lipinski definition) is 1. The zero-order valence-electron chi connectivity index (χ0n) is 12.9. The van der Waals surface area contributed by atoms with E-state index in [9.17, 15) is 0 Å². The van der Waals surface area contributed by atoms with E-state index < -0.39 is 0 Å². The third kappa shape index (κ3) is 2.79. The third-order valence-corrected chi connectivity index (χ3v) is 4.29. The highest BCUT2D eigenvalue weighted by Crippen LogP contribution is 2.43. The Kier molecular flexibility index (Phi) is 3.91. The molecule has 1 unspecified atom stereocenters. The predicted octanol–water partition coefficient (Wildman–Crippen LogP) is 4.10. The second-order valence-electron chi connectivity index (χ2n) is 6.90. The van der Waals surface area contributed by atoms with Crippen LogP contribution in [-0.4, -0.2) is 7.11 Å². The van der Waals surface area contributed by atoms with E-state index in [0.717, 1.165) is 5.75 Å². The summed E-state index contributed by atoms with van der Waals surface area (Å²) in [4.78, 5) is 0. The summed E-state index contributed by atoms with van der Waals surface area (Å²) in [5, 5.41) is 0. The number of hydrogen-bond acceptors (Lipinski definition) is 2. The molecule has 2 heteroatoms. The summed E-state index contributed by atoms with van der Waals surface area (Å²) in [5.74, 6) is 1.63. The Morgan fingerprint density at radius 3 is 2.32 bits per heavy atom. The van der Waals surface area contributed by atoms with Crippen LogP contribution in [0.2, 0.25) is 0 Å². The van der Waals surface area contributed by atoms with Crippen molar-refractivity contribution in [2.24, 2.45) is 11.7 Å². The summed E-state index contributed by atoms with van der Waals surface area (Å²) < 4.78 is 5.72. The van der Waals surface area contributed by atoms with Gasteiger partial charge in [-0.1, -0.05) is 44.9 Å². The standard InChI is InChI=1S/C17H27NO/c1-11-9-13(15(18)12-7-6-8-12)16(19-5)14(10-11)17(2,3)4/h9-10,12,15H,6-8,18H2,1-5H3. The summed E-state index contributed by atoms with van der Waals surface area (Å²) in [6.45, 7) is 8.82. The number of nitrogens with two attached hydrogens (primary N) is 1. The molecule has 1 aromatic rings. The van der Waals surface area contributed by atoms with Crippen molar-refractivity contribution in [3.63, 3.8) is 0 Å². The lowest BCUT2D eigenvalue weighted by Gasteiger charge is -2.34. The third-order valence-electron chi connectivity index (χ3n) is 4.29. The molecule has 1 fully saturated rings. The molecule has 2 nitrogen and oxygen atoms in total. The second-order valence-corrected chi connectivity index (χ2v) is 6.90. The largest absolute Gasteiger partial charge is 0.496 e. The van der Waals surface area contributed by atoms with Gasteiger partial charge in [0.25, 0.3) is 0 Å². The van der Waals surface area contributed by atoms with Gasteiger partial charge in [-0.2, -0.15) is 0 Å². The molecule has 1 aliphatic carbocycles. The van der Waals surface area contributed by atoms with E-state index >= 15 is 0 Å². The van der Waals surface area contributed by atoms with Gasteiger partial charge in [0, 0.05) is 17.2 Å². The lowest BCUT2D eigenvalue weighted by molar-refractivity contribution is 0.258. The van der Waals surface area contributed by atoms with E-state index in [-0.39, 0.29) is 11.5 Å². The highest BCUT2D eigenvalue weighted by Gasteiger charge is 2.30. The van der Waals surface area contributed by atoms with Crippen molar-refractivity contribution in [2.75, 3.05) is 7.11 Å². The Labute approximate surface area is 117 Å². The zero-order chi connectivity index (χ0) is 14.2. The highest BCUT2D eigenvalue weighted by molar-refractivity contribution is 5.49. The molecule has 2 rings (SSSR count). The number of ether oxygens (including phenoxy) is 1. The minimum atomic E-state index is 0.0748. The van der Waals surface area contributed by atoms with Crippen LogP contribution in [-0.2, 0) is 5.41 Å². The summed E-state index contributed by atoms with van der Waals surface area (Å²) in [6.07, 6.45) is 3.82. The van der Waals surface area contributed by atoms with E-state index in [2.05, 4.69) is 39.8 Å². The number of rotatable bonds is 3. The summed E-state index contributed by atoms with van der Waals surface area (Å²) in [7, 11) is 1.76. The van der Waals surface area contributed by atoms with Gasteiger partial charge in [0.1, 0.15) is 5.75 Å². The highest BCUT2D eigenvalue weighted by atomic mass is 16.5. The molecule has 0 aromatic heterocycles. The molecule has 19 heavy (non-hydrogen) atoms. The van der Waals surface area contributed by atoms with Gasteiger partial charge >= 0.3 is 0 Å². The molecule has 0 radical (unpaired) electrons. The van der Waals surface area contributed by atoms with Gasteiger partial charge in [0.2, 0.25) is 0 Å². The summed E-state index contributed by atoms with van der Waals surface area (Å²) in [5.41, 5.74) is 10.3. The quantitative estimate of drug-likeness (QED) is 0.889. The number of benzene rings is 1. The van der Waals surface area contributed by atoms with Crippen LogP contribution < -0.4 is 10.5 Å². The van der Waals surface area contributed by atoms with E-state index in [1.54, 1.807) is 7.11 Å². The monoisotopic (exact) mass is 261 g/mol. The van der Waals surface area contributed by atoms with Gasteiger partial charge in [-0.05, 0) is 31.1 Å². The van der Waals surface area contributed by atoms with E-state index in [0.29, 0.717) is 5.92 Å². The fraction of sp³-hybridized carbons (Fsp3) is 0.647. The van der Waals surface area contributed by atoms with Crippen LogP contribution in [0.4, 0.5) is 0 Å². The first-order valence-corrected chi connectivity index (χ1v) is 7.29. The first kappa shape index (κ1) is 14.4. The van der Waals surface area contributed by atoms with Crippen molar-refractivity contribution in [1.82, 2.24) is 0 Å². The lowest BCUT2D eigenvalue weighted by atomic mass is 9.75. The molecular formula is C17H27NO. The molecule has 0 bridgehead atoms. The number of aryl methyl sites for hydroxylation is 1. The van der Waals surface area contributed by atoms with Crippen LogP contribution in [0.15, 0.2) is 12.1 Å². The van der Waals surface area contributed by atoms with Crippen LogP contribution >= 0.6 is 0 Å². The van der Waals surface area contributed by atoms with Crippen LogP contribution in [0.1, 0.15) is 62.8 Å². The van der Waals surface area contributed by atoms with Crippen molar-refractivity contribution >= 4 is 0 Å². The van der Waals surface area contributed by atoms with Gasteiger partial charge < -0.3 is 10.5 Å². The minimum Gasteiger partial charge on any atom is -0.496 e. The SMILES string of the molecule is COc1c(C(N)C2CCC2)cc(C)cc1C(C)(C)C. The molecule has 0 spiro atoms. The molecule has 2 N–H and O–H groups in total. The molecule has 0 aliphatic heterocycles. The Bertz CT molecular complexity index is 455. The fourth-order valence-electron chi connectivity index (χ4n) is 2.89. The van der Waals surface area contributed by atoms with Crippen LogP contribution in [0.3, 0.4) is 0 Å². The Morgan fingerprint density at radius 2 is 1.89 bits per heavy atom. The molecule has 106 valence electrons. The topological polar surface area (TPSA) is 35.2 Å². The van der Waals surface area contributed by atoms with Gasteiger partial charge in [-0.3, -0.25) is 0 Å². The molecule has 1 aliphatic rings.